The van der Waals surface area contributed by atoms with Crippen LogP contribution in [0.25, 0.3) is 0 Å². The summed E-state index contributed by atoms with van der Waals surface area (Å²) in [6, 6.07) is 0. The minimum Gasteiger partial charge on any atom is -0.374 e. The first kappa shape index (κ1) is 16.4. The van der Waals surface area contributed by atoms with E-state index in [0.29, 0.717) is 13.1 Å². The Labute approximate surface area is 117 Å². The van der Waals surface area contributed by atoms with E-state index in [2.05, 4.69) is 27.7 Å². The van der Waals surface area contributed by atoms with E-state index in [1.807, 2.05) is 18.7 Å². The van der Waals surface area contributed by atoms with Gasteiger partial charge in [0.2, 0.25) is 5.91 Å². The molecule has 1 saturated heterocycles. The molecule has 0 bridgehead atoms. The van der Waals surface area contributed by atoms with Crippen molar-refractivity contribution in [2.75, 3.05) is 19.6 Å². The predicted molar refractivity (Wildman–Crippen MR) is 77.8 cm³/mol. The topological polar surface area (TPSA) is 55.6 Å². The lowest BCUT2D eigenvalue weighted by Crippen LogP contribution is -2.46. The Morgan fingerprint density at radius 2 is 1.84 bits per heavy atom. The van der Waals surface area contributed by atoms with Crippen molar-refractivity contribution in [3.05, 3.63) is 0 Å². The van der Waals surface area contributed by atoms with Crippen molar-refractivity contribution >= 4 is 5.91 Å². The van der Waals surface area contributed by atoms with Crippen molar-refractivity contribution in [1.29, 1.82) is 0 Å². The quantitative estimate of drug-likeness (QED) is 0.830. The second-order valence-corrected chi connectivity index (χ2v) is 6.65. The molecule has 1 aliphatic heterocycles. The third-order valence-electron chi connectivity index (χ3n) is 4.39. The number of carbonyl (C=O) groups excluding carboxylic acids is 1. The number of ether oxygens (including phenoxy) is 1. The summed E-state index contributed by atoms with van der Waals surface area (Å²) >= 11 is 0. The van der Waals surface area contributed by atoms with Crippen LogP contribution < -0.4 is 5.73 Å². The zero-order valence-electron chi connectivity index (χ0n) is 13.3. The Morgan fingerprint density at radius 3 is 2.21 bits per heavy atom. The van der Waals surface area contributed by atoms with Crippen molar-refractivity contribution in [1.82, 2.24) is 4.90 Å². The normalized spacial score (nSPS) is 31.5. The Morgan fingerprint density at radius 1 is 1.26 bits per heavy atom. The van der Waals surface area contributed by atoms with Gasteiger partial charge in [0.1, 0.15) is 0 Å². The summed E-state index contributed by atoms with van der Waals surface area (Å²) in [6.45, 7) is 14.4. The number of amides is 1. The van der Waals surface area contributed by atoms with Gasteiger partial charge in [-0.3, -0.25) is 4.79 Å². The second kappa shape index (κ2) is 6.23. The molecule has 4 unspecified atom stereocenters. The van der Waals surface area contributed by atoms with Gasteiger partial charge in [0.15, 0.2) is 0 Å². The summed E-state index contributed by atoms with van der Waals surface area (Å²) in [5.74, 6) is 0.467. The minimum absolute atomic E-state index is 0.00698. The summed E-state index contributed by atoms with van der Waals surface area (Å²) in [7, 11) is 0. The van der Waals surface area contributed by atoms with E-state index in [-0.39, 0.29) is 35.4 Å². The highest BCUT2D eigenvalue weighted by atomic mass is 16.5. The highest BCUT2D eigenvalue weighted by molar-refractivity contribution is 5.80. The van der Waals surface area contributed by atoms with E-state index in [0.717, 1.165) is 6.54 Å². The fourth-order valence-electron chi connectivity index (χ4n) is 2.83. The van der Waals surface area contributed by atoms with Gasteiger partial charge in [-0.25, -0.2) is 0 Å². The van der Waals surface area contributed by atoms with Crippen molar-refractivity contribution in [2.24, 2.45) is 23.0 Å². The summed E-state index contributed by atoms with van der Waals surface area (Å²) < 4.78 is 5.79. The van der Waals surface area contributed by atoms with Gasteiger partial charge in [-0.2, -0.15) is 0 Å². The van der Waals surface area contributed by atoms with Crippen LogP contribution in [-0.2, 0) is 9.53 Å². The summed E-state index contributed by atoms with van der Waals surface area (Å²) in [5.41, 5.74) is 5.74. The van der Waals surface area contributed by atoms with E-state index in [1.165, 1.54) is 0 Å². The van der Waals surface area contributed by atoms with Crippen LogP contribution in [0, 0.1) is 17.3 Å². The Kier molecular flexibility index (Phi) is 5.39. The number of hydrogen-bond acceptors (Lipinski definition) is 3. The molecule has 112 valence electrons. The van der Waals surface area contributed by atoms with E-state index in [9.17, 15) is 4.79 Å². The van der Waals surface area contributed by atoms with Crippen LogP contribution in [0.3, 0.4) is 0 Å². The first-order chi connectivity index (χ1) is 8.73. The van der Waals surface area contributed by atoms with Crippen molar-refractivity contribution in [3.63, 3.8) is 0 Å². The largest absolute Gasteiger partial charge is 0.374 e. The lowest BCUT2D eigenvalue weighted by Gasteiger charge is -2.34. The molecular formula is C15H30N2O2. The monoisotopic (exact) mass is 270 g/mol. The molecule has 0 aliphatic carbocycles. The maximum absolute atomic E-state index is 12.7. The fourth-order valence-corrected chi connectivity index (χ4v) is 2.83. The molecule has 2 N–H and O–H groups in total. The summed E-state index contributed by atoms with van der Waals surface area (Å²) in [6.07, 6.45) is 0.165. The van der Waals surface area contributed by atoms with Gasteiger partial charge >= 0.3 is 0 Å². The average molecular weight is 270 g/mol. The highest BCUT2D eigenvalue weighted by Crippen LogP contribution is 2.34. The van der Waals surface area contributed by atoms with Gasteiger partial charge in [-0.05, 0) is 38.6 Å². The van der Waals surface area contributed by atoms with Gasteiger partial charge in [-0.1, -0.05) is 20.8 Å². The van der Waals surface area contributed by atoms with Crippen molar-refractivity contribution in [2.45, 2.75) is 53.8 Å². The SMILES string of the molecule is CCN(CC(C)(C)CN)C(=O)C1C(C)OC(C)C1C. The van der Waals surface area contributed by atoms with Gasteiger partial charge in [0, 0.05) is 13.1 Å². The molecule has 0 aromatic heterocycles. The Hall–Kier alpha value is -0.610. The summed E-state index contributed by atoms with van der Waals surface area (Å²) in [5, 5.41) is 0. The van der Waals surface area contributed by atoms with Crippen LogP contribution >= 0.6 is 0 Å². The minimum atomic E-state index is -0.0385. The Bertz CT molecular complexity index is 317. The number of nitrogens with zero attached hydrogens (tertiary/aromatic N) is 1. The molecule has 1 rings (SSSR count). The first-order valence-corrected chi connectivity index (χ1v) is 7.37. The van der Waals surface area contributed by atoms with Crippen molar-refractivity contribution < 1.29 is 9.53 Å². The van der Waals surface area contributed by atoms with Crippen molar-refractivity contribution in [3.8, 4) is 0 Å². The van der Waals surface area contributed by atoms with E-state index >= 15 is 0 Å². The molecule has 4 nitrogen and oxygen atoms in total. The molecule has 0 aromatic carbocycles. The molecule has 1 aliphatic rings. The number of hydrogen-bond donors (Lipinski definition) is 1. The second-order valence-electron chi connectivity index (χ2n) is 6.65. The third-order valence-corrected chi connectivity index (χ3v) is 4.39. The zero-order valence-corrected chi connectivity index (χ0v) is 13.3. The van der Waals surface area contributed by atoms with E-state index in [4.69, 9.17) is 10.5 Å². The lowest BCUT2D eigenvalue weighted by molar-refractivity contribution is -0.139. The maximum Gasteiger partial charge on any atom is 0.228 e. The molecule has 1 amide bonds. The van der Waals surface area contributed by atoms with E-state index < -0.39 is 0 Å². The van der Waals surface area contributed by atoms with Gasteiger partial charge in [0.05, 0.1) is 18.1 Å². The first-order valence-electron chi connectivity index (χ1n) is 7.37. The zero-order chi connectivity index (χ0) is 14.8. The number of carbonyl (C=O) groups is 1. The smallest absolute Gasteiger partial charge is 0.228 e. The lowest BCUT2D eigenvalue weighted by atomic mass is 9.87. The molecule has 4 atom stereocenters. The van der Waals surface area contributed by atoms with Crippen LogP contribution in [0.5, 0.6) is 0 Å². The number of nitrogens with two attached hydrogens (primary N) is 1. The molecule has 1 fully saturated rings. The third kappa shape index (κ3) is 3.69. The number of rotatable bonds is 5. The molecule has 0 saturated carbocycles. The van der Waals surface area contributed by atoms with Crippen LogP contribution in [0.4, 0.5) is 0 Å². The van der Waals surface area contributed by atoms with Gasteiger partial charge in [-0.15, -0.1) is 0 Å². The van der Waals surface area contributed by atoms with Gasteiger partial charge in [0.25, 0.3) is 0 Å². The highest BCUT2D eigenvalue weighted by Gasteiger charge is 2.43. The average Bonchev–Trinajstić information content (AvgIpc) is 2.60. The fraction of sp³-hybridized carbons (Fsp3) is 0.933. The van der Waals surface area contributed by atoms with Crippen LogP contribution in [0.2, 0.25) is 0 Å². The van der Waals surface area contributed by atoms with E-state index in [1.54, 1.807) is 0 Å². The summed E-state index contributed by atoms with van der Waals surface area (Å²) in [4.78, 5) is 14.7. The molecule has 0 spiro atoms. The Balaban J connectivity index is 2.79. The van der Waals surface area contributed by atoms with Crippen LogP contribution in [0.15, 0.2) is 0 Å². The molecule has 19 heavy (non-hydrogen) atoms. The van der Waals surface area contributed by atoms with Crippen LogP contribution in [-0.4, -0.2) is 42.6 Å². The molecule has 4 heteroatoms. The molecular weight excluding hydrogens is 240 g/mol. The maximum atomic E-state index is 12.7. The molecule has 1 heterocycles. The predicted octanol–water partition coefficient (Wildman–Crippen LogP) is 1.88. The van der Waals surface area contributed by atoms with Crippen LogP contribution in [0.1, 0.15) is 41.5 Å². The van der Waals surface area contributed by atoms with Gasteiger partial charge < -0.3 is 15.4 Å². The standard InChI is InChI=1S/C15H30N2O2/c1-7-17(9-15(5,6)8-16)14(18)13-10(2)11(3)19-12(13)4/h10-13H,7-9,16H2,1-6H3. The molecule has 0 aromatic rings. The molecule has 0 radical (unpaired) electrons.